The van der Waals surface area contributed by atoms with E-state index in [4.69, 9.17) is 5.26 Å². The standard InChI is InChI=1S/C12H16N2/c1-12(2,10-13)14(3)9-11-7-5-4-6-8-11/h4-8H,9H2,1-3H3. The molecule has 0 bridgehead atoms. The smallest absolute Gasteiger partial charge is 0.103 e. The van der Waals surface area contributed by atoms with Gasteiger partial charge in [0.2, 0.25) is 0 Å². The van der Waals surface area contributed by atoms with E-state index in [1.807, 2.05) is 44.0 Å². The first-order valence-corrected chi connectivity index (χ1v) is 4.72. The van der Waals surface area contributed by atoms with Crippen LogP contribution in [0.4, 0.5) is 0 Å². The lowest BCUT2D eigenvalue weighted by Crippen LogP contribution is -2.38. The van der Waals surface area contributed by atoms with Gasteiger partial charge in [-0.1, -0.05) is 30.3 Å². The molecular weight excluding hydrogens is 172 g/mol. The van der Waals surface area contributed by atoms with Crippen LogP contribution in [0, 0.1) is 11.3 Å². The van der Waals surface area contributed by atoms with Crippen molar-refractivity contribution in [1.82, 2.24) is 4.90 Å². The van der Waals surface area contributed by atoms with Gasteiger partial charge in [0.25, 0.3) is 0 Å². The predicted octanol–water partition coefficient (Wildman–Crippen LogP) is 2.42. The molecule has 1 aromatic carbocycles. The van der Waals surface area contributed by atoms with Gasteiger partial charge in [0.15, 0.2) is 0 Å². The van der Waals surface area contributed by atoms with Gasteiger partial charge in [-0.3, -0.25) is 4.90 Å². The summed E-state index contributed by atoms with van der Waals surface area (Å²) in [6, 6.07) is 12.5. The zero-order chi connectivity index (χ0) is 10.6. The van der Waals surface area contributed by atoms with Crippen LogP contribution in [0.5, 0.6) is 0 Å². The fourth-order valence-corrected chi connectivity index (χ4v) is 1.14. The molecule has 0 N–H and O–H groups in total. The molecule has 0 aliphatic carbocycles. The maximum atomic E-state index is 8.95. The molecule has 0 atom stereocenters. The summed E-state index contributed by atoms with van der Waals surface area (Å²) < 4.78 is 0. The molecule has 0 heterocycles. The first-order valence-electron chi connectivity index (χ1n) is 4.72. The van der Waals surface area contributed by atoms with Crippen LogP contribution in [0.1, 0.15) is 19.4 Å². The van der Waals surface area contributed by atoms with Crippen molar-refractivity contribution in [2.45, 2.75) is 25.9 Å². The lowest BCUT2D eigenvalue weighted by molar-refractivity contribution is 0.203. The summed E-state index contributed by atoms with van der Waals surface area (Å²) in [7, 11) is 1.97. The van der Waals surface area contributed by atoms with Crippen LogP contribution in [0.25, 0.3) is 0 Å². The number of hydrogen-bond donors (Lipinski definition) is 0. The monoisotopic (exact) mass is 188 g/mol. The molecule has 0 amide bonds. The molecule has 0 radical (unpaired) electrons. The van der Waals surface area contributed by atoms with Crippen molar-refractivity contribution in [2.75, 3.05) is 7.05 Å². The quantitative estimate of drug-likeness (QED) is 0.728. The first kappa shape index (κ1) is 10.7. The molecule has 0 aliphatic heterocycles. The molecule has 0 spiro atoms. The topological polar surface area (TPSA) is 27.0 Å². The second-order valence-corrected chi connectivity index (χ2v) is 4.01. The Bertz CT molecular complexity index is 322. The summed E-state index contributed by atoms with van der Waals surface area (Å²) >= 11 is 0. The van der Waals surface area contributed by atoms with Crippen molar-refractivity contribution in [1.29, 1.82) is 5.26 Å². The van der Waals surface area contributed by atoms with E-state index in [0.29, 0.717) is 0 Å². The van der Waals surface area contributed by atoms with E-state index in [9.17, 15) is 0 Å². The third-order valence-electron chi connectivity index (χ3n) is 2.49. The Hall–Kier alpha value is -1.33. The third-order valence-corrected chi connectivity index (χ3v) is 2.49. The highest BCUT2D eigenvalue weighted by molar-refractivity contribution is 5.15. The molecule has 0 unspecified atom stereocenters. The van der Waals surface area contributed by atoms with Crippen molar-refractivity contribution < 1.29 is 0 Å². The molecule has 0 saturated heterocycles. The molecule has 2 heteroatoms. The number of nitriles is 1. The summed E-state index contributed by atoms with van der Waals surface area (Å²) in [4.78, 5) is 2.04. The van der Waals surface area contributed by atoms with E-state index in [2.05, 4.69) is 18.2 Å². The Balaban J connectivity index is 2.68. The van der Waals surface area contributed by atoms with Gasteiger partial charge in [0.1, 0.15) is 5.54 Å². The van der Waals surface area contributed by atoms with Gasteiger partial charge in [-0.25, -0.2) is 0 Å². The first-order chi connectivity index (χ1) is 6.56. The Morgan fingerprint density at radius 1 is 1.29 bits per heavy atom. The van der Waals surface area contributed by atoms with Gasteiger partial charge >= 0.3 is 0 Å². The van der Waals surface area contributed by atoms with Crippen LogP contribution >= 0.6 is 0 Å². The molecule has 1 rings (SSSR count). The Kier molecular flexibility index (Phi) is 3.27. The molecule has 0 aromatic heterocycles. The van der Waals surface area contributed by atoms with E-state index < -0.39 is 5.54 Å². The summed E-state index contributed by atoms with van der Waals surface area (Å²) in [6.45, 7) is 4.66. The average molecular weight is 188 g/mol. The van der Waals surface area contributed by atoms with Crippen molar-refractivity contribution >= 4 is 0 Å². The highest BCUT2D eigenvalue weighted by atomic mass is 15.2. The maximum absolute atomic E-state index is 8.95. The van der Waals surface area contributed by atoms with Crippen LogP contribution in [0.15, 0.2) is 30.3 Å². The van der Waals surface area contributed by atoms with Gasteiger partial charge in [-0.2, -0.15) is 5.26 Å². The molecule has 1 aromatic rings. The minimum Gasteiger partial charge on any atom is -0.285 e. The van der Waals surface area contributed by atoms with Crippen molar-refractivity contribution in [2.24, 2.45) is 0 Å². The van der Waals surface area contributed by atoms with Crippen LogP contribution in [-0.2, 0) is 6.54 Å². The highest BCUT2D eigenvalue weighted by Crippen LogP contribution is 2.14. The zero-order valence-electron chi connectivity index (χ0n) is 8.99. The van der Waals surface area contributed by atoms with Gasteiger partial charge in [-0.05, 0) is 26.5 Å². The zero-order valence-corrected chi connectivity index (χ0v) is 8.99. The second-order valence-electron chi connectivity index (χ2n) is 4.01. The van der Waals surface area contributed by atoms with Crippen molar-refractivity contribution in [3.05, 3.63) is 35.9 Å². The maximum Gasteiger partial charge on any atom is 0.103 e. The molecule has 0 fully saturated rings. The minimum absolute atomic E-state index is 0.407. The largest absolute Gasteiger partial charge is 0.285 e. The van der Waals surface area contributed by atoms with E-state index in [1.165, 1.54) is 5.56 Å². The van der Waals surface area contributed by atoms with Gasteiger partial charge in [0.05, 0.1) is 6.07 Å². The molecule has 0 saturated carbocycles. The SMILES string of the molecule is CN(Cc1ccccc1)C(C)(C)C#N. The lowest BCUT2D eigenvalue weighted by atomic mass is 10.1. The van der Waals surface area contributed by atoms with Gasteiger partial charge in [-0.15, -0.1) is 0 Å². The molecular formula is C12H16N2. The van der Waals surface area contributed by atoms with Crippen molar-refractivity contribution in [3.8, 4) is 6.07 Å². The second kappa shape index (κ2) is 4.26. The molecule has 14 heavy (non-hydrogen) atoms. The van der Waals surface area contributed by atoms with Gasteiger partial charge in [0, 0.05) is 6.54 Å². The normalized spacial score (nSPS) is 11.4. The van der Waals surface area contributed by atoms with Crippen LogP contribution in [0.3, 0.4) is 0 Å². The number of benzene rings is 1. The summed E-state index contributed by atoms with van der Waals surface area (Å²) in [5, 5.41) is 8.95. The summed E-state index contributed by atoms with van der Waals surface area (Å²) in [6.07, 6.45) is 0. The predicted molar refractivity (Wildman–Crippen MR) is 57.6 cm³/mol. The van der Waals surface area contributed by atoms with Crippen LogP contribution < -0.4 is 0 Å². The Morgan fingerprint density at radius 2 is 1.86 bits per heavy atom. The lowest BCUT2D eigenvalue weighted by Gasteiger charge is -2.28. The molecule has 0 aliphatic rings. The Labute approximate surface area is 85.8 Å². The van der Waals surface area contributed by atoms with E-state index >= 15 is 0 Å². The number of nitrogens with zero attached hydrogens (tertiary/aromatic N) is 2. The average Bonchev–Trinajstić information content (AvgIpc) is 2.19. The van der Waals surface area contributed by atoms with Gasteiger partial charge < -0.3 is 0 Å². The van der Waals surface area contributed by atoms with Crippen LogP contribution in [-0.4, -0.2) is 17.5 Å². The van der Waals surface area contributed by atoms with E-state index in [0.717, 1.165) is 6.54 Å². The van der Waals surface area contributed by atoms with E-state index in [-0.39, 0.29) is 0 Å². The number of rotatable bonds is 3. The van der Waals surface area contributed by atoms with Crippen molar-refractivity contribution in [3.63, 3.8) is 0 Å². The minimum atomic E-state index is -0.407. The fourth-order valence-electron chi connectivity index (χ4n) is 1.14. The van der Waals surface area contributed by atoms with E-state index in [1.54, 1.807) is 0 Å². The number of hydrogen-bond acceptors (Lipinski definition) is 2. The highest BCUT2D eigenvalue weighted by Gasteiger charge is 2.22. The van der Waals surface area contributed by atoms with Crippen LogP contribution in [0.2, 0.25) is 0 Å². The molecule has 74 valence electrons. The Morgan fingerprint density at radius 3 is 2.36 bits per heavy atom. The third kappa shape index (κ3) is 2.58. The fraction of sp³-hybridized carbons (Fsp3) is 0.417. The molecule has 2 nitrogen and oxygen atoms in total. The summed E-state index contributed by atoms with van der Waals surface area (Å²) in [5.41, 5.74) is 0.828. The summed E-state index contributed by atoms with van der Waals surface area (Å²) in [5.74, 6) is 0.